The molecule has 0 aromatic carbocycles. The summed E-state index contributed by atoms with van der Waals surface area (Å²) < 4.78 is 11.5. The van der Waals surface area contributed by atoms with Gasteiger partial charge in [-0.15, -0.1) is 0 Å². The summed E-state index contributed by atoms with van der Waals surface area (Å²) in [6.45, 7) is 8.33. The average molecular weight is 457 g/mol. The molecule has 1 saturated heterocycles. The van der Waals surface area contributed by atoms with Gasteiger partial charge in [0.25, 0.3) is 0 Å². The van der Waals surface area contributed by atoms with Gasteiger partial charge < -0.3 is 25.2 Å². The van der Waals surface area contributed by atoms with Gasteiger partial charge in [0.1, 0.15) is 5.82 Å². The van der Waals surface area contributed by atoms with Crippen LogP contribution in [0.4, 0.5) is 17.6 Å². The molecule has 5 rings (SSSR count). The van der Waals surface area contributed by atoms with Crippen molar-refractivity contribution in [3.05, 3.63) is 17.8 Å². The van der Waals surface area contributed by atoms with E-state index in [0.717, 1.165) is 51.0 Å². The van der Waals surface area contributed by atoms with Crippen molar-refractivity contribution >= 4 is 17.6 Å². The first-order valence-corrected chi connectivity index (χ1v) is 12.2. The third kappa shape index (κ3) is 5.41. The summed E-state index contributed by atoms with van der Waals surface area (Å²) in [5.74, 6) is 4.28. The van der Waals surface area contributed by atoms with Gasteiger partial charge in [-0.25, -0.2) is 0 Å². The van der Waals surface area contributed by atoms with Crippen molar-refractivity contribution in [1.29, 1.82) is 0 Å². The first-order chi connectivity index (χ1) is 15.8. The van der Waals surface area contributed by atoms with Crippen LogP contribution in [0.3, 0.4) is 0 Å². The van der Waals surface area contributed by atoms with E-state index in [9.17, 15) is 5.11 Å². The van der Waals surface area contributed by atoms with Crippen LogP contribution in [-0.4, -0.2) is 56.7 Å². The fraction of sp³-hybridized carbons (Fsp3) is 0.708. The molecular formula is C24H36N6O3. The van der Waals surface area contributed by atoms with Crippen molar-refractivity contribution in [3.8, 4) is 5.88 Å². The molecule has 2 bridgehead atoms. The molecule has 33 heavy (non-hydrogen) atoms. The molecule has 0 radical (unpaired) electrons. The largest absolute Gasteiger partial charge is 0.477 e. The molecule has 2 aliphatic carbocycles. The summed E-state index contributed by atoms with van der Waals surface area (Å²) in [5.41, 5.74) is 0.380. The summed E-state index contributed by atoms with van der Waals surface area (Å²) in [5, 5.41) is 24.9. The Morgan fingerprint density at radius 1 is 1.24 bits per heavy atom. The second-order valence-corrected chi connectivity index (χ2v) is 10.7. The number of nitrogens with one attached hydrogen (secondary N) is 3. The van der Waals surface area contributed by atoms with E-state index in [4.69, 9.17) is 19.4 Å². The molecule has 9 heteroatoms. The summed E-state index contributed by atoms with van der Waals surface area (Å²) in [7, 11) is 0. The third-order valence-electron chi connectivity index (χ3n) is 7.34. The van der Waals surface area contributed by atoms with Gasteiger partial charge in [-0.3, -0.25) is 5.10 Å². The van der Waals surface area contributed by atoms with Crippen LogP contribution in [0.2, 0.25) is 0 Å². The molecule has 3 aliphatic rings. The number of rotatable bonds is 7. The summed E-state index contributed by atoms with van der Waals surface area (Å²) >= 11 is 0. The predicted molar refractivity (Wildman–Crippen MR) is 126 cm³/mol. The standard InChI is InChI=1S/C24H36N6O3/c1-14-6-17-8-18(11-24(3,31)10-17)22(14)28-23-26-19(25-20-7-15(2)29-30-20)9-21(27-23)33-13-16-4-5-32-12-16/h7,9,14,16-18,22,31H,4-6,8,10-13H2,1-3H3,(H3,25,26,27,28,29,30). The maximum absolute atomic E-state index is 10.8. The Morgan fingerprint density at radius 3 is 2.88 bits per heavy atom. The number of hydrogen-bond acceptors (Lipinski definition) is 8. The quantitative estimate of drug-likeness (QED) is 0.499. The Balaban J connectivity index is 1.36. The van der Waals surface area contributed by atoms with Gasteiger partial charge >= 0.3 is 0 Å². The number of fused-ring (bicyclic) bond motifs is 2. The lowest BCUT2D eigenvalue weighted by Crippen LogP contribution is -2.50. The predicted octanol–water partition coefficient (Wildman–Crippen LogP) is 3.65. The lowest BCUT2D eigenvalue weighted by molar-refractivity contribution is -0.0502. The number of aryl methyl sites for hydroxylation is 1. The van der Waals surface area contributed by atoms with E-state index >= 15 is 0 Å². The maximum Gasteiger partial charge on any atom is 0.228 e. The molecule has 3 heterocycles. The monoisotopic (exact) mass is 456 g/mol. The van der Waals surface area contributed by atoms with Crippen molar-refractivity contribution in [2.45, 2.75) is 64.5 Å². The van der Waals surface area contributed by atoms with E-state index in [1.165, 1.54) is 0 Å². The van der Waals surface area contributed by atoms with E-state index in [-0.39, 0.29) is 6.04 Å². The number of aromatic amines is 1. The van der Waals surface area contributed by atoms with Crippen molar-refractivity contribution < 1.29 is 14.6 Å². The van der Waals surface area contributed by atoms with E-state index in [1.54, 1.807) is 0 Å². The minimum absolute atomic E-state index is 0.215. The Bertz CT molecular complexity index is 955. The van der Waals surface area contributed by atoms with Gasteiger partial charge in [-0.2, -0.15) is 15.1 Å². The van der Waals surface area contributed by atoms with Crippen LogP contribution >= 0.6 is 0 Å². The Morgan fingerprint density at radius 2 is 2.12 bits per heavy atom. The fourth-order valence-corrected chi connectivity index (χ4v) is 6.02. The maximum atomic E-state index is 10.8. The van der Waals surface area contributed by atoms with Gasteiger partial charge in [-0.1, -0.05) is 6.92 Å². The molecular weight excluding hydrogens is 420 g/mol. The van der Waals surface area contributed by atoms with Crippen LogP contribution in [0, 0.1) is 30.6 Å². The lowest BCUT2D eigenvalue weighted by atomic mass is 9.61. The van der Waals surface area contributed by atoms with Crippen LogP contribution in [-0.2, 0) is 4.74 Å². The molecule has 2 aromatic heterocycles. The molecule has 6 unspecified atom stereocenters. The minimum atomic E-state index is -0.590. The minimum Gasteiger partial charge on any atom is -0.477 e. The molecule has 3 fully saturated rings. The molecule has 4 N–H and O–H groups in total. The van der Waals surface area contributed by atoms with Crippen LogP contribution in [0.15, 0.2) is 12.1 Å². The molecule has 6 atom stereocenters. The number of ether oxygens (including phenoxy) is 2. The number of anilines is 3. The van der Waals surface area contributed by atoms with Crippen molar-refractivity contribution in [3.63, 3.8) is 0 Å². The first-order valence-electron chi connectivity index (χ1n) is 12.2. The molecule has 1 aliphatic heterocycles. The molecule has 180 valence electrons. The van der Waals surface area contributed by atoms with Crippen LogP contribution in [0.1, 0.15) is 51.6 Å². The normalized spacial score (nSPS) is 33.6. The first kappa shape index (κ1) is 22.4. The van der Waals surface area contributed by atoms with E-state index in [0.29, 0.717) is 53.7 Å². The third-order valence-corrected chi connectivity index (χ3v) is 7.34. The SMILES string of the molecule is Cc1cc(Nc2cc(OCC3CCOC3)nc(NC3C(C)CC4CC3CC(C)(O)C4)n2)n[nH]1. The van der Waals surface area contributed by atoms with Gasteiger partial charge in [0.15, 0.2) is 5.82 Å². The number of hydrogen-bond donors (Lipinski definition) is 4. The highest BCUT2D eigenvalue weighted by atomic mass is 16.5. The highest BCUT2D eigenvalue weighted by Crippen LogP contribution is 2.47. The number of nitrogens with zero attached hydrogens (tertiary/aromatic N) is 3. The zero-order valence-corrected chi connectivity index (χ0v) is 19.8. The van der Waals surface area contributed by atoms with Crippen molar-refractivity contribution in [1.82, 2.24) is 20.2 Å². The number of aromatic nitrogens is 4. The highest BCUT2D eigenvalue weighted by Gasteiger charge is 2.45. The second kappa shape index (κ2) is 9.10. The Labute approximate surface area is 195 Å². The highest BCUT2D eigenvalue weighted by molar-refractivity contribution is 5.55. The van der Waals surface area contributed by atoms with Gasteiger partial charge in [0.05, 0.1) is 18.8 Å². The van der Waals surface area contributed by atoms with E-state index < -0.39 is 5.60 Å². The topological polar surface area (TPSA) is 117 Å². The fourth-order valence-electron chi connectivity index (χ4n) is 6.02. The Hall–Kier alpha value is -2.39. The zero-order chi connectivity index (χ0) is 23.0. The smallest absolute Gasteiger partial charge is 0.228 e. The summed E-state index contributed by atoms with van der Waals surface area (Å²) in [6, 6.07) is 3.96. The lowest BCUT2D eigenvalue weighted by Gasteiger charge is -2.49. The van der Waals surface area contributed by atoms with E-state index in [1.807, 2.05) is 26.0 Å². The molecule has 2 saturated carbocycles. The van der Waals surface area contributed by atoms with Crippen molar-refractivity contribution in [2.24, 2.45) is 23.7 Å². The van der Waals surface area contributed by atoms with Crippen LogP contribution in [0.5, 0.6) is 5.88 Å². The summed E-state index contributed by atoms with van der Waals surface area (Å²) in [6.07, 6.45) is 4.98. The van der Waals surface area contributed by atoms with Gasteiger partial charge in [-0.05, 0) is 63.7 Å². The second-order valence-electron chi connectivity index (χ2n) is 10.7. The number of H-pyrrole nitrogens is 1. The van der Waals surface area contributed by atoms with Gasteiger partial charge in [0.2, 0.25) is 11.8 Å². The molecule has 0 amide bonds. The average Bonchev–Trinajstić information content (AvgIpc) is 3.40. The van der Waals surface area contributed by atoms with Gasteiger partial charge in [0, 0.05) is 36.4 Å². The zero-order valence-electron chi connectivity index (χ0n) is 19.8. The van der Waals surface area contributed by atoms with Crippen LogP contribution in [0.25, 0.3) is 0 Å². The Kier molecular flexibility index (Phi) is 6.18. The van der Waals surface area contributed by atoms with Crippen molar-refractivity contribution in [2.75, 3.05) is 30.5 Å². The summed E-state index contributed by atoms with van der Waals surface area (Å²) in [4.78, 5) is 9.43. The molecule has 2 aromatic rings. The van der Waals surface area contributed by atoms with E-state index in [2.05, 4.69) is 27.8 Å². The van der Waals surface area contributed by atoms with Crippen LogP contribution < -0.4 is 15.4 Å². The molecule has 0 spiro atoms. The number of aliphatic hydroxyl groups is 1. The molecule has 9 nitrogen and oxygen atoms in total.